The topological polar surface area (TPSA) is 0 Å². The number of fused-ring (bicyclic) bond motifs is 4. The van der Waals surface area contributed by atoms with Crippen LogP contribution in [0, 0.1) is 0 Å². The van der Waals surface area contributed by atoms with Crippen LogP contribution in [0.3, 0.4) is 0 Å². The summed E-state index contributed by atoms with van der Waals surface area (Å²) >= 11 is 0. The van der Waals surface area contributed by atoms with Crippen LogP contribution in [0.15, 0.2) is 169 Å². The quantitative estimate of drug-likeness (QED) is 0.160. The van der Waals surface area contributed by atoms with Gasteiger partial charge in [-0.3, -0.25) is 0 Å². The van der Waals surface area contributed by atoms with Crippen molar-refractivity contribution in [2.75, 3.05) is 12.5 Å². The Bertz CT molecular complexity index is 2890. The summed E-state index contributed by atoms with van der Waals surface area (Å²) in [5.41, 5.74) is 12.4. The van der Waals surface area contributed by atoms with E-state index in [1.807, 2.05) is 12.2 Å². The van der Waals surface area contributed by atoms with Gasteiger partial charge in [0.2, 0.25) is 0 Å². The molecule has 242 valence electrons. The van der Waals surface area contributed by atoms with Crippen LogP contribution in [0.4, 0.5) is 0 Å². The molecule has 1 heteroatoms. The molecule has 0 spiro atoms. The van der Waals surface area contributed by atoms with Gasteiger partial charge in [0, 0.05) is 9.79 Å². The van der Waals surface area contributed by atoms with E-state index in [9.17, 15) is 0 Å². The van der Waals surface area contributed by atoms with Gasteiger partial charge in [-0.1, -0.05) is 159 Å². The molecule has 1 heterocycles. The van der Waals surface area contributed by atoms with E-state index in [0.29, 0.717) is 0 Å². The molecule has 10 rings (SSSR count). The first-order valence-corrected chi connectivity index (χ1v) is 20.0. The van der Waals surface area contributed by atoms with Crippen LogP contribution in [-0.4, -0.2) is 12.5 Å². The molecule has 0 saturated heterocycles. The fourth-order valence-corrected chi connectivity index (χ4v) is 11.4. The van der Waals surface area contributed by atoms with Crippen molar-refractivity contribution in [1.29, 1.82) is 0 Å². The highest BCUT2D eigenvalue weighted by Crippen LogP contribution is 2.68. The van der Waals surface area contributed by atoms with E-state index in [-0.39, 0.29) is 0 Å². The van der Waals surface area contributed by atoms with Gasteiger partial charge in [-0.2, -0.15) is 10.0 Å². The lowest BCUT2D eigenvalue weighted by Gasteiger charge is -2.29. The number of rotatable bonds is 5. The van der Waals surface area contributed by atoms with Crippen molar-refractivity contribution in [2.45, 2.75) is 9.79 Å². The van der Waals surface area contributed by atoms with Crippen molar-refractivity contribution < 1.29 is 0 Å². The van der Waals surface area contributed by atoms with Gasteiger partial charge in [-0.05, 0) is 123 Å². The van der Waals surface area contributed by atoms with Crippen molar-refractivity contribution in [3.8, 4) is 44.5 Å². The second kappa shape index (κ2) is 11.1. The largest absolute Gasteiger partial charge is 0.192 e. The smallest absolute Gasteiger partial charge is 0.00215 e. The van der Waals surface area contributed by atoms with Crippen molar-refractivity contribution in [3.05, 3.63) is 170 Å². The first-order valence-electron chi connectivity index (χ1n) is 17.6. The van der Waals surface area contributed by atoms with Gasteiger partial charge in [0.1, 0.15) is 0 Å². The van der Waals surface area contributed by atoms with E-state index in [1.54, 1.807) is 0 Å². The van der Waals surface area contributed by atoms with Gasteiger partial charge in [0.25, 0.3) is 0 Å². The summed E-state index contributed by atoms with van der Waals surface area (Å²) in [5.74, 6) is 0. The minimum absolute atomic E-state index is 1.12. The molecule has 0 amide bonds. The van der Waals surface area contributed by atoms with E-state index in [0.717, 1.165) is 11.1 Å². The molecule has 51 heavy (non-hydrogen) atoms. The molecule has 0 atom stereocenters. The maximum Gasteiger partial charge on any atom is 0.00215 e. The Morgan fingerprint density at radius 3 is 1.57 bits per heavy atom. The van der Waals surface area contributed by atoms with E-state index < -0.39 is 10.0 Å². The normalized spacial score (nSPS) is 13.8. The SMILES string of the molecule is C=Cc1c(C=C)c(-c2ccc3c(c2)S(C)(C)c2cc(-c4ccc5ccc6cccc7ccc4c5c67)ccc2-3)c2ccccc2c1-c1ccccc1. The predicted octanol–water partition coefficient (Wildman–Crippen LogP) is 14.5. The average molecular weight is 669 g/mol. The summed E-state index contributed by atoms with van der Waals surface area (Å²) < 4.78 is 0. The molecular weight excluding hydrogens is 633 g/mol. The average Bonchev–Trinajstić information content (AvgIpc) is 3.40. The van der Waals surface area contributed by atoms with Crippen molar-refractivity contribution in [1.82, 2.24) is 0 Å². The van der Waals surface area contributed by atoms with Crippen molar-refractivity contribution >= 4 is 65.3 Å². The fraction of sp³-hybridized carbons (Fsp3) is 0.0400. The monoisotopic (exact) mass is 668 g/mol. The molecule has 9 aromatic carbocycles. The maximum atomic E-state index is 4.35. The highest BCUT2D eigenvalue weighted by atomic mass is 32.3. The third kappa shape index (κ3) is 4.22. The number of benzene rings is 9. The van der Waals surface area contributed by atoms with Crippen LogP contribution in [0.5, 0.6) is 0 Å². The highest BCUT2D eigenvalue weighted by Gasteiger charge is 2.33. The van der Waals surface area contributed by atoms with Gasteiger partial charge in [-0.25, -0.2) is 0 Å². The predicted molar refractivity (Wildman–Crippen MR) is 226 cm³/mol. The molecule has 1 aliphatic heterocycles. The van der Waals surface area contributed by atoms with Crippen molar-refractivity contribution in [3.63, 3.8) is 0 Å². The third-order valence-electron chi connectivity index (χ3n) is 11.2. The van der Waals surface area contributed by atoms with Crippen LogP contribution < -0.4 is 0 Å². The summed E-state index contributed by atoms with van der Waals surface area (Å²) in [6, 6.07) is 54.2. The van der Waals surface area contributed by atoms with Gasteiger partial charge in [0.15, 0.2) is 0 Å². The molecule has 1 aliphatic rings. The lowest BCUT2D eigenvalue weighted by Crippen LogP contribution is -1.97. The van der Waals surface area contributed by atoms with Crippen LogP contribution in [0.1, 0.15) is 11.1 Å². The number of hydrogen-bond acceptors (Lipinski definition) is 0. The highest BCUT2D eigenvalue weighted by molar-refractivity contribution is 8.33. The molecule has 0 nitrogen and oxygen atoms in total. The van der Waals surface area contributed by atoms with Gasteiger partial charge in [0.05, 0.1) is 0 Å². The van der Waals surface area contributed by atoms with Gasteiger partial charge < -0.3 is 0 Å². The molecule has 0 unspecified atom stereocenters. The Kier molecular flexibility index (Phi) is 6.50. The Balaban J connectivity index is 1.14. The van der Waals surface area contributed by atoms with Crippen molar-refractivity contribution in [2.24, 2.45) is 0 Å². The van der Waals surface area contributed by atoms with E-state index in [2.05, 4.69) is 171 Å². The van der Waals surface area contributed by atoms with Crippen LogP contribution in [0.2, 0.25) is 0 Å². The standard InChI is InChI=1S/C50H36S/c1-5-37-38(6-2)49(43-18-11-10-17-42(43)48(37)31-13-8-7-9-14-31)36-24-27-41-40-26-23-35(29-45(40)51(3,4)46(41)30-36)39-25-21-34-20-19-32-15-12-16-33-22-28-44(39)50(34)47(32)33/h5-30H,1-2H2,3-4H3. The minimum atomic E-state index is -1.31. The first-order chi connectivity index (χ1) is 25.0. The van der Waals surface area contributed by atoms with E-state index in [4.69, 9.17) is 0 Å². The molecule has 0 fully saturated rings. The summed E-state index contributed by atoms with van der Waals surface area (Å²) in [5, 5.41) is 10.4. The lowest BCUT2D eigenvalue weighted by molar-refractivity contribution is 1.44. The minimum Gasteiger partial charge on any atom is -0.192 e. The Labute approximate surface area is 300 Å². The zero-order valence-corrected chi connectivity index (χ0v) is 29.7. The van der Waals surface area contributed by atoms with E-state index in [1.165, 1.54) is 97.4 Å². The molecule has 0 N–H and O–H groups in total. The third-order valence-corrected chi connectivity index (χ3v) is 14.1. The molecule has 9 aromatic rings. The second-order valence-corrected chi connectivity index (χ2v) is 17.6. The second-order valence-electron chi connectivity index (χ2n) is 14.1. The Morgan fingerprint density at radius 1 is 0.412 bits per heavy atom. The van der Waals surface area contributed by atoms with Gasteiger partial charge in [-0.15, -0.1) is 0 Å². The van der Waals surface area contributed by atoms with Crippen LogP contribution in [0.25, 0.3) is 99.7 Å². The summed E-state index contributed by atoms with van der Waals surface area (Å²) in [6.45, 7) is 8.65. The Hall–Kier alpha value is -5.89. The summed E-state index contributed by atoms with van der Waals surface area (Å²) in [6.07, 6.45) is 8.97. The van der Waals surface area contributed by atoms with Crippen LogP contribution >= 0.6 is 10.0 Å². The molecule has 0 saturated carbocycles. The fourth-order valence-electron chi connectivity index (χ4n) is 8.89. The first kappa shape index (κ1) is 30.0. The number of hydrogen-bond donors (Lipinski definition) is 0. The van der Waals surface area contributed by atoms with Crippen LogP contribution in [-0.2, 0) is 0 Å². The molecule has 0 aliphatic carbocycles. The molecule has 0 aromatic heterocycles. The van der Waals surface area contributed by atoms with E-state index >= 15 is 0 Å². The maximum absolute atomic E-state index is 4.35. The zero-order chi connectivity index (χ0) is 34.4. The van der Waals surface area contributed by atoms with Gasteiger partial charge >= 0.3 is 0 Å². The molecular formula is C50H36S. The Morgan fingerprint density at radius 2 is 0.922 bits per heavy atom. The summed E-state index contributed by atoms with van der Waals surface area (Å²) in [7, 11) is -1.31. The lowest BCUT2D eigenvalue weighted by atomic mass is 9.83. The zero-order valence-electron chi connectivity index (χ0n) is 28.8. The molecule has 0 bridgehead atoms. The molecule has 0 radical (unpaired) electrons. The summed E-state index contributed by atoms with van der Waals surface area (Å²) in [4.78, 5) is 2.90.